The van der Waals surface area contributed by atoms with Gasteiger partial charge in [-0.15, -0.1) is 21.5 Å². The van der Waals surface area contributed by atoms with Crippen LogP contribution in [0.5, 0.6) is 0 Å². The summed E-state index contributed by atoms with van der Waals surface area (Å²) in [5.41, 5.74) is 8.80. The molecule has 3 heterocycles. The fourth-order valence-electron chi connectivity index (χ4n) is 3.03. The number of thiophene rings is 1. The van der Waals surface area contributed by atoms with Gasteiger partial charge in [-0.05, 0) is 44.0 Å². The highest BCUT2D eigenvalue weighted by atomic mass is 35.5. The first-order chi connectivity index (χ1) is 14.9. The first-order valence-electron chi connectivity index (χ1n) is 9.41. The number of benzene rings is 1. The van der Waals surface area contributed by atoms with Crippen LogP contribution in [-0.2, 0) is 10.5 Å². The Labute approximate surface area is 191 Å². The van der Waals surface area contributed by atoms with E-state index in [9.17, 15) is 4.79 Å². The molecule has 0 saturated carbocycles. The van der Waals surface area contributed by atoms with Gasteiger partial charge in [0.05, 0.1) is 23.4 Å². The van der Waals surface area contributed by atoms with Crippen molar-refractivity contribution in [3.05, 3.63) is 51.4 Å². The minimum atomic E-state index is -0.372. The maximum atomic E-state index is 12.2. The van der Waals surface area contributed by atoms with Gasteiger partial charge in [-0.1, -0.05) is 29.4 Å². The maximum absolute atomic E-state index is 12.2. The molecule has 11 heteroatoms. The highest BCUT2D eigenvalue weighted by molar-refractivity contribution is 7.98. The topological polar surface area (TPSA) is 109 Å². The Kier molecular flexibility index (Phi) is 6.12. The lowest BCUT2D eigenvalue weighted by Crippen LogP contribution is -2.04. The standard InChI is InChI=1S/C20H19ClN6O2S2/c1-4-29-19(28)16-11(3)15-17(22)24-14(25-18(15)31-16)8-30-20-26-23-9-27(20)12-6-5-10(2)13(21)7-12/h5-7,9H,4,8H2,1-3H3,(H2,22,24,25). The third-order valence-corrected chi connectivity index (χ3v) is 7.12. The molecule has 0 aliphatic heterocycles. The van der Waals surface area contributed by atoms with Gasteiger partial charge in [-0.25, -0.2) is 14.8 Å². The molecule has 8 nitrogen and oxygen atoms in total. The van der Waals surface area contributed by atoms with Crippen LogP contribution in [-0.4, -0.2) is 37.3 Å². The van der Waals surface area contributed by atoms with E-state index >= 15 is 0 Å². The minimum Gasteiger partial charge on any atom is -0.462 e. The summed E-state index contributed by atoms with van der Waals surface area (Å²) in [5, 5.41) is 10.3. The Morgan fingerprint density at radius 3 is 2.87 bits per heavy atom. The summed E-state index contributed by atoms with van der Waals surface area (Å²) in [5.74, 6) is 0.951. The van der Waals surface area contributed by atoms with Crippen molar-refractivity contribution < 1.29 is 9.53 Å². The fourth-order valence-corrected chi connectivity index (χ4v) is 5.09. The van der Waals surface area contributed by atoms with Gasteiger partial charge in [0.25, 0.3) is 0 Å². The molecule has 31 heavy (non-hydrogen) atoms. The van der Waals surface area contributed by atoms with Gasteiger partial charge < -0.3 is 10.5 Å². The van der Waals surface area contributed by atoms with Gasteiger partial charge in [-0.2, -0.15) is 0 Å². The number of carbonyl (C=O) groups is 1. The van der Waals surface area contributed by atoms with Crippen LogP contribution in [0, 0.1) is 13.8 Å². The van der Waals surface area contributed by atoms with E-state index in [1.807, 2.05) is 36.6 Å². The molecule has 1 aromatic carbocycles. The molecule has 0 aliphatic carbocycles. The number of thioether (sulfide) groups is 1. The Hall–Kier alpha value is -2.69. The first-order valence-corrected chi connectivity index (χ1v) is 11.6. The summed E-state index contributed by atoms with van der Waals surface area (Å²) in [4.78, 5) is 22.4. The van der Waals surface area contributed by atoms with E-state index in [0.29, 0.717) is 49.3 Å². The molecule has 0 aliphatic rings. The van der Waals surface area contributed by atoms with Crippen LogP contribution in [0.3, 0.4) is 0 Å². The number of esters is 1. The maximum Gasteiger partial charge on any atom is 0.348 e. The number of carbonyl (C=O) groups excluding carboxylic acids is 1. The van der Waals surface area contributed by atoms with Crippen LogP contribution in [0.15, 0.2) is 29.7 Å². The van der Waals surface area contributed by atoms with Gasteiger partial charge in [0.1, 0.15) is 27.7 Å². The van der Waals surface area contributed by atoms with Crippen LogP contribution in [0.1, 0.15) is 33.5 Å². The van der Waals surface area contributed by atoms with E-state index in [4.69, 9.17) is 22.1 Å². The van der Waals surface area contributed by atoms with Crippen molar-refractivity contribution in [2.24, 2.45) is 0 Å². The van der Waals surface area contributed by atoms with E-state index in [1.165, 1.54) is 23.1 Å². The average Bonchev–Trinajstić information content (AvgIpc) is 3.33. The second-order valence-corrected chi connectivity index (χ2v) is 9.04. The lowest BCUT2D eigenvalue weighted by Gasteiger charge is -2.08. The number of aryl methyl sites for hydroxylation is 2. The van der Waals surface area contributed by atoms with Crippen LogP contribution in [0.25, 0.3) is 15.9 Å². The van der Waals surface area contributed by atoms with Crippen LogP contribution in [0.2, 0.25) is 5.02 Å². The second kappa shape index (κ2) is 8.81. The molecular formula is C20H19ClN6O2S2. The quantitative estimate of drug-likeness (QED) is 0.319. The van der Waals surface area contributed by atoms with E-state index in [-0.39, 0.29) is 5.97 Å². The molecule has 0 bridgehead atoms. The first kappa shape index (κ1) is 21.5. The molecule has 3 aromatic heterocycles. The molecule has 0 unspecified atom stereocenters. The fraction of sp³-hybridized carbons (Fsp3) is 0.250. The molecule has 0 saturated heterocycles. The van der Waals surface area contributed by atoms with Crippen LogP contribution < -0.4 is 5.73 Å². The van der Waals surface area contributed by atoms with Crippen molar-refractivity contribution in [1.82, 2.24) is 24.7 Å². The average molecular weight is 475 g/mol. The van der Waals surface area contributed by atoms with Gasteiger partial charge in [-0.3, -0.25) is 4.57 Å². The molecule has 0 spiro atoms. The van der Waals surface area contributed by atoms with Gasteiger partial charge >= 0.3 is 5.97 Å². The number of aromatic nitrogens is 5. The molecule has 0 fully saturated rings. The molecule has 0 atom stereocenters. The highest BCUT2D eigenvalue weighted by Gasteiger charge is 2.21. The SMILES string of the molecule is CCOC(=O)c1sc2nc(CSc3nncn3-c3ccc(C)c(Cl)c3)nc(N)c2c1C. The number of hydrogen-bond acceptors (Lipinski definition) is 9. The minimum absolute atomic E-state index is 0.308. The van der Waals surface area contributed by atoms with Crippen LogP contribution >= 0.6 is 34.7 Å². The van der Waals surface area contributed by atoms with E-state index < -0.39 is 0 Å². The third-order valence-electron chi connectivity index (χ3n) is 4.61. The van der Waals surface area contributed by atoms with Crippen molar-refractivity contribution in [3.63, 3.8) is 0 Å². The van der Waals surface area contributed by atoms with E-state index in [1.54, 1.807) is 13.3 Å². The van der Waals surface area contributed by atoms with Crippen molar-refractivity contribution >= 4 is 56.7 Å². The van der Waals surface area contributed by atoms with Gasteiger partial charge in [0.15, 0.2) is 5.16 Å². The normalized spacial score (nSPS) is 11.2. The summed E-state index contributed by atoms with van der Waals surface area (Å²) in [7, 11) is 0. The molecule has 4 aromatic rings. The van der Waals surface area contributed by atoms with Crippen molar-refractivity contribution in [1.29, 1.82) is 0 Å². The van der Waals surface area contributed by atoms with E-state index in [2.05, 4.69) is 20.2 Å². The number of nitrogens with zero attached hydrogens (tertiary/aromatic N) is 5. The van der Waals surface area contributed by atoms with Gasteiger partial charge in [0, 0.05) is 5.02 Å². The van der Waals surface area contributed by atoms with Gasteiger partial charge in [0.2, 0.25) is 0 Å². The predicted octanol–water partition coefficient (Wildman–Crippen LogP) is 4.59. The lowest BCUT2D eigenvalue weighted by atomic mass is 10.2. The molecule has 0 amide bonds. The Morgan fingerprint density at radius 2 is 2.13 bits per heavy atom. The Morgan fingerprint density at radius 1 is 1.32 bits per heavy atom. The monoisotopic (exact) mass is 474 g/mol. The number of nitrogens with two attached hydrogens (primary N) is 1. The Balaban J connectivity index is 1.60. The van der Waals surface area contributed by atoms with Crippen LogP contribution in [0.4, 0.5) is 5.82 Å². The van der Waals surface area contributed by atoms with Crippen molar-refractivity contribution in [2.45, 2.75) is 31.7 Å². The number of nitrogen functional groups attached to an aromatic ring is 1. The number of ether oxygens (including phenoxy) is 1. The zero-order chi connectivity index (χ0) is 22.1. The summed E-state index contributed by atoms with van der Waals surface area (Å²) in [6, 6.07) is 5.78. The predicted molar refractivity (Wildman–Crippen MR) is 123 cm³/mol. The smallest absolute Gasteiger partial charge is 0.348 e. The summed E-state index contributed by atoms with van der Waals surface area (Å²) >= 11 is 8.96. The number of rotatable bonds is 6. The number of halogens is 1. The zero-order valence-electron chi connectivity index (χ0n) is 17.0. The Bertz CT molecular complexity index is 1290. The van der Waals surface area contributed by atoms with Crippen molar-refractivity contribution in [2.75, 3.05) is 12.3 Å². The lowest BCUT2D eigenvalue weighted by molar-refractivity contribution is 0.0531. The summed E-state index contributed by atoms with van der Waals surface area (Å²) < 4.78 is 6.98. The number of fused-ring (bicyclic) bond motifs is 1. The molecule has 2 N–H and O–H groups in total. The largest absolute Gasteiger partial charge is 0.462 e. The zero-order valence-corrected chi connectivity index (χ0v) is 19.4. The molecule has 160 valence electrons. The second-order valence-electron chi connectivity index (χ2n) is 6.69. The van der Waals surface area contributed by atoms with E-state index in [0.717, 1.165) is 16.8 Å². The number of anilines is 1. The summed E-state index contributed by atoms with van der Waals surface area (Å²) in [6.07, 6.45) is 1.63. The molecule has 4 rings (SSSR count). The highest BCUT2D eigenvalue weighted by Crippen LogP contribution is 2.34. The van der Waals surface area contributed by atoms with Crippen molar-refractivity contribution in [3.8, 4) is 5.69 Å². The summed E-state index contributed by atoms with van der Waals surface area (Å²) in [6.45, 7) is 5.86. The molecular weight excluding hydrogens is 456 g/mol. The third kappa shape index (κ3) is 4.23. The molecule has 0 radical (unpaired) electrons. The number of hydrogen-bond donors (Lipinski definition) is 1.